The molecule has 0 radical (unpaired) electrons. The molecule has 0 spiro atoms. The fourth-order valence-electron chi connectivity index (χ4n) is 4.33. The summed E-state index contributed by atoms with van der Waals surface area (Å²) in [5.41, 5.74) is 4.50. The molecule has 0 aliphatic carbocycles. The molecule has 8 heteroatoms. The minimum Gasteiger partial charge on any atom is -0.357 e. The summed E-state index contributed by atoms with van der Waals surface area (Å²) in [4.78, 5) is 38.6. The van der Waals surface area contributed by atoms with Gasteiger partial charge in [-0.2, -0.15) is 0 Å². The van der Waals surface area contributed by atoms with E-state index in [1.54, 1.807) is 5.48 Å². The Morgan fingerprint density at radius 3 is 1.97 bits per heavy atom. The fraction of sp³-hybridized carbons (Fsp3) is 0.483. The number of hydroxylamine groups is 1. The van der Waals surface area contributed by atoms with Gasteiger partial charge in [0.25, 0.3) is 5.91 Å². The first-order valence-corrected chi connectivity index (χ1v) is 12.8. The highest BCUT2D eigenvalue weighted by Crippen LogP contribution is 2.23. The van der Waals surface area contributed by atoms with Gasteiger partial charge in [0.15, 0.2) is 0 Å². The number of amides is 3. The number of likely N-dealkylation sites (N-methyl/N-ethyl adjacent to an activating group) is 1. The summed E-state index contributed by atoms with van der Waals surface area (Å²) in [6.45, 7) is 9.94. The van der Waals surface area contributed by atoms with Gasteiger partial charge in [0, 0.05) is 7.05 Å². The van der Waals surface area contributed by atoms with E-state index in [0.29, 0.717) is 19.4 Å². The van der Waals surface area contributed by atoms with E-state index in [2.05, 4.69) is 40.2 Å². The SMILES string of the molecule is CNC(=O)[C@@H](NC(=O)[C@H](CC(C)C)[C@H](NCCc1ccc(-c2ccccc2)cc1)C(=O)NO)C(C)(C)C. The fourth-order valence-corrected chi connectivity index (χ4v) is 4.33. The third-order valence-electron chi connectivity index (χ3n) is 6.36. The lowest BCUT2D eigenvalue weighted by Gasteiger charge is -2.33. The molecule has 3 atom stereocenters. The van der Waals surface area contributed by atoms with Crippen LogP contribution in [0.4, 0.5) is 0 Å². The lowest BCUT2D eigenvalue weighted by Crippen LogP contribution is -2.58. The Morgan fingerprint density at radius 1 is 0.865 bits per heavy atom. The number of benzene rings is 2. The van der Waals surface area contributed by atoms with Gasteiger partial charge in [0.2, 0.25) is 11.8 Å². The Labute approximate surface area is 220 Å². The molecule has 0 aromatic heterocycles. The predicted octanol–water partition coefficient (Wildman–Crippen LogP) is 3.30. The van der Waals surface area contributed by atoms with E-state index < -0.39 is 35.2 Å². The van der Waals surface area contributed by atoms with E-state index >= 15 is 0 Å². The third-order valence-corrected chi connectivity index (χ3v) is 6.36. The average Bonchev–Trinajstić information content (AvgIpc) is 2.87. The van der Waals surface area contributed by atoms with Crippen molar-refractivity contribution in [2.24, 2.45) is 17.3 Å². The number of carbonyl (C=O) groups is 3. The van der Waals surface area contributed by atoms with Crippen LogP contribution in [0.2, 0.25) is 0 Å². The van der Waals surface area contributed by atoms with Crippen LogP contribution in [0.15, 0.2) is 54.6 Å². The van der Waals surface area contributed by atoms with Crippen molar-refractivity contribution in [1.82, 2.24) is 21.4 Å². The minimum absolute atomic E-state index is 0.102. The second-order valence-electron chi connectivity index (χ2n) is 10.9. The van der Waals surface area contributed by atoms with Crippen LogP contribution < -0.4 is 21.4 Å². The van der Waals surface area contributed by atoms with Crippen LogP contribution in [0.1, 0.15) is 46.6 Å². The molecule has 37 heavy (non-hydrogen) atoms. The zero-order valence-corrected chi connectivity index (χ0v) is 22.8. The number of carbonyl (C=O) groups excluding carboxylic acids is 3. The molecule has 2 aromatic carbocycles. The highest BCUT2D eigenvalue weighted by Gasteiger charge is 2.38. The number of hydrogen-bond donors (Lipinski definition) is 5. The summed E-state index contributed by atoms with van der Waals surface area (Å²) in [5.74, 6) is -2.09. The highest BCUT2D eigenvalue weighted by molar-refractivity contribution is 5.93. The molecule has 0 aliphatic rings. The second-order valence-corrected chi connectivity index (χ2v) is 10.9. The second kappa shape index (κ2) is 13.9. The molecule has 3 amide bonds. The lowest BCUT2D eigenvalue weighted by molar-refractivity contribution is -0.139. The molecule has 0 fully saturated rings. The first-order chi connectivity index (χ1) is 17.5. The van der Waals surface area contributed by atoms with Gasteiger partial charge < -0.3 is 16.0 Å². The van der Waals surface area contributed by atoms with Crippen molar-refractivity contribution in [2.45, 2.75) is 59.5 Å². The Hall–Kier alpha value is -3.23. The van der Waals surface area contributed by atoms with E-state index in [1.165, 1.54) is 7.05 Å². The summed E-state index contributed by atoms with van der Waals surface area (Å²) in [6, 6.07) is 16.6. The van der Waals surface area contributed by atoms with Crippen LogP contribution >= 0.6 is 0 Å². The quantitative estimate of drug-likeness (QED) is 0.222. The summed E-state index contributed by atoms with van der Waals surface area (Å²) < 4.78 is 0. The Kier molecular flexibility index (Phi) is 11.3. The van der Waals surface area contributed by atoms with Crippen molar-refractivity contribution < 1.29 is 19.6 Å². The van der Waals surface area contributed by atoms with Crippen molar-refractivity contribution in [3.63, 3.8) is 0 Å². The maximum atomic E-state index is 13.4. The first kappa shape index (κ1) is 30.0. The zero-order chi connectivity index (χ0) is 27.6. The lowest BCUT2D eigenvalue weighted by atomic mass is 9.84. The zero-order valence-electron chi connectivity index (χ0n) is 22.8. The number of hydrogen-bond acceptors (Lipinski definition) is 5. The Morgan fingerprint density at radius 2 is 1.46 bits per heavy atom. The molecule has 8 nitrogen and oxygen atoms in total. The molecule has 5 N–H and O–H groups in total. The van der Waals surface area contributed by atoms with Gasteiger partial charge in [-0.3, -0.25) is 19.6 Å². The molecular formula is C29H42N4O4. The standard InChI is InChI=1S/C29H42N4O4/c1-19(2)18-23(26(34)32-25(28(36)30-6)29(3,4)5)24(27(35)33-37)31-17-16-20-12-14-22(15-13-20)21-10-8-7-9-11-21/h7-15,19,23-25,31,37H,16-18H2,1-6H3,(H,30,36)(H,32,34)(H,33,35)/t23-,24+,25-/m1/s1. The maximum absolute atomic E-state index is 13.4. The molecule has 0 saturated heterocycles. The van der Waals surface area contributed by atoms with Crippen molar-refractivity contribution >= 4 is 17.7 Å². The molecular weight excluding hydrogens is 468 g/mol. The average molecular weight is 511 g/mol. The van der Waals surface area contributed by atoms with Crippen LogP contribution in [-0.4, -0.2) is 48.6 Å². The van der Waals surface area contributed by atoms with E-state index in [9.17, 15) is 19.6 Å². The first-order valence-electron chi connectivity index (χ1n) is 12.8. The summed E-state index contributed by atoms with van der Waals surface area (Å²) in [7, 11) is 1.52. The van der Waals surface area contributed by atoms with Gasteiger partial charge in [-0.15, -0.1) is 0 Å². The Bertz CT molecular complexity index is 1020. The van der Waals surface area contributed by atoms with Crippen LogP contribution in [0.5, 0.6) is 0 Å². The van der Waals surface area contributed by atoms with Crippen molar-refractivity contribution in [3.8, 4) is 11.1 Å². The normalized spacial score (nSPS) is 13.9. The van der Waals surface area contributed by atoms with Gasteiger partial charge in [-0.05, 0) is 47.4 Å². The molecule has 202 valence electrons. The minimum atomic E-state index is -0.971. The van der Waals surface area contributed by atoms with E-state index in [-0.39, 0.29) is 11.8 Å². The monoisotopic (exact) mass is 510 g/mol. The van der Waals surface area contributed by atoms with Crippen molar-refractivity contribution in [3.05, 3.63) is 60.2 Å². The summed E-state index contributed by atoms with van der Waals surface area (Å²) in [5, 5.41) is 18.0. The van der Waals surface area contributed by atoms with Crippen LogP contribution in [-0.2, 0) is 20.8 Å². The number of rotatable bonds is 12. The van der Waals surface area contributed by atoms with E-state index in [4.69, 9.17) is 0 Å². The topological polar surface area (TPSA) is 120 Å². The molecule has 0 bridgehead atoms. The van der Waals surface area contributed by atoms with Crippen molar-refractivity contribution in [2.75, 3.05) is 13.6 Å². The van der Waals surface area contributed by atoms with Crippen LogP contribution in [0, 0.1) is 17.3 Å². The number of nitrogens with one attached hydrogen (secondary N) is 4. The van der Waals surface area contributed by atoms with E-state index in [0.717, 1.165) is 16.7 Å². The molecule has 0 heterocycles. The molecule has 0 unspecified atom stereocenters. The molecule has 2 rings (SSSR count). The van der Waals surface area contributed by atoms with Gasteiger partial charge >= 0.3 is 0 Å². The summed E-state index contributed by atoms with van der Waals surface area (Å²) >= 11 is 0. The Balaban J connectivity index is 2.16. The van der Waals surface area contributed by atoms with Gasteiger partial charge in [0.05, 0.1) is 5.92 Å². The highest BCUT2D eigenvalue weighted by atomic mass is 16.5. The van der Waals surface area contributed by atoms with Gasteiger partial charge in [0.1, 0.15) is 12.1 Å². The van der Waals surface area contributed by atoms with Gasteiger partial charge in [-0.1, -0.05) is 89.2 Å². The van der Waals surface area contributed by atoms with Crippen LogP contribution in [0.3, 0.4) is 0 Å². The molecule has 2 aromatic rings. The van der Waals surface area contributed by atoms with E-state index in [1.807, 2.05) is 65.0 Å². The largest absolute Gasteiger partial charge is 0.357 e. The summed E-state index contributed by atoms with van der Waals surface area (Å²) in [6.07, 6.45) is 1.02. The third kappa shape index (κ3) is 8.98. The van der Waals surface area contributed by atoms with Gasteiger partial charge in [-0.25, -0.2) is 5.48 Å². The predicted molar refractivity (Wildman–Crippen MR) is 146 cm³/mol. The van der Waals surface area contributed by atoms with Crippen molar-refractivity contribution in [1.29, 1.82) is 0 Å². The smallest absolute Gasteiger partial charge is 0.261 e. The van der Waals surface area contributed by atoms with Crippen LogP contribution in [0.25, 0.3) is 11.1 Å². The molecule has 0 aliphatic heterocycles. The maximum Gasteiger partial charge on any atom is 0.261 e. The molecule has 0 saturated carbocycles.